The highest BCUT2D eigenvalue weighted by Crippen LogP contribution is 2.33. The van der Waals surface area contributed by atoms with Gasteiger partial charge in [0.25, 0.3) is 0 Å². The summed E-state index contributed by atoms with van der Waals surface area (Å²) in [6, 6.07) is 20.1. The zero-order chi connectivity index (χ0) is 23.9. The second-order valence-corrected chi connectivity index (χ2v) is 9.63. The standard InChI is InChI=1S/C28H36N4O2/c1-22(2)14-15-32(26(33)20-23-10-6-4-7-11-23)21-25-27(24-12-8-5-9-13-24)29-34-28(25)31-18-16-30(3)17-19-31/h4-13,22H,14-21H2,1-3H3. The smallest absolute Gasteiger partial charge is 0.232 e. The van der Waals surface area contributed by atoms with Gasteiger partial charge in [0.05, 0.1) is 18.5 Å². The fourth-order valence-electron chi connectivity index (χ4n) is 4.30. The Balaban J connectivity index is 1.65. The Morgan fingerprint density at radius 3 is 2.29 bits per heavy atom. The zero-order valence-corrected chi connectivity index (χ0v) is 20.6. The van der Waals surface area contributed by atoms with Crippen molar-refractivity contribution in [1.82, 2.24) is 15.0 Å². The number of hydrogen-bond donors (Lipinski definition) is 0. The highest BCUT2D eigenvalue weighted by atomic mass is 16.5. The van der Waals surface area contributed by atoms with Gasteiger partial charge in [-0.25, -0.2) is 0 Å². The number of benzene rings is 2. The first-order valence-corrected chi connectivity index (χ1v) is 12.3. The van der Waals surface area contributed by atoms with Gasteiger partial charge in [0.2, 0.25) is 11.8 Å². The van der Waals surface area contributed by atoms with Gasteiger partial charge in [-0.05, 0) is 24.9 Å². The molecule has 4 rings (SSSR count). The molecular weight excluding hydrogens is 424 g/mol. The number of aromatic nitrogens is 1. The number of piperazine rings is 1. The minimum Gasteiger partial charge on any atom is -0.338 e. The van der Waals surface area contributed by atoms with Crippen LogP contribution < -0.4 is 4.90 Å². The molecule has 34 heavy (non-hydrogen) atoms. The lowest BCUT2D eigenvalue weighted by atomic mass is 10.0. The summed E-state index contributed by atoms with van der Waals surface area (Å²) >= 11 is 0. The van der Waals surface area contributed by atoms with Crippen molar-refractivity contribution >= 4 is 11.8 Å². The molecule has 3 aromatic rings. The van der Waals surface area contributed by atoms with Gasteiger partial charge in [-0.15, -0.1) is 0 Å². The molecule has 1 aliphatic rings. The van der Waals surface area contributed by atoms with Crippen molar-refractivity contribution in [1.29, 1.82) is 0 Å². The SMILES string of the molecule is CC(C)CCN(Cc1c(-c2ccccc2)noc1N1CCN(C)CC1)C(=O)Cc1ccccc1. The van der Waals surface area contributed by atoms with Crippen LogP contribution in [0, 0.1) is 5.92 Å². The average Bonchev–Trinajstić information content (AvgIpc) is 3.26. The maximum Gasteiger partial charge on any atom is 0.232 e. The van der Waals surface area contributed by atoms with E-state index in [9.17, 15) is 4.79 Å². The van der Waals surface area contributed by atoms with Gasteiger partial charge in [0.1, 0.15) is 5.69 Å². The van der Waals surface area contributed by atoms with Crippen molar-refractivity contribution in [3.8, 4) is 11.3 Å². The Morgan fingerprint density at radius 2 is 1.65 bits per heavy atom. The lowest BCUT2D eigenvalue weighted by Gasteiger charge is -2.33. The number of carbonyl (C=O) groups excluding carboxylic acids is 1. The molecule has 0 saturated carbocycles. The first-order valence-electron chi connectivity index (χ1n) is 12.3. The summed E-state index contributed by atoms with van der Waals surface area (Å²) in [4.78, 5) is 20.1. The molecule has 0 radical (unpaired) electrons. The van der Waals surface area contributed by atoms with Gasteiger partial charge in [-0.1, -0.05) is 79.7 Å². The van der Waals surface area contributed by atoms with Crippen molar-refractivity contribution in [3.05, 3.63) is 71.8 Å². The predicted molar refractivity (Wildman–Crippen MR) is 137 cm³/mol. The number of anilines is 1. The van der Waals surface area contributed by atoms with Gasteiger partial charge in [0.15, 0.2) is 0 Å². The summed E-state index contributed by atoms with van der Waals surface area (Å²) in [5.74, 6) is 1.45. The molecule has 180 valence electrons. The van der Waals surface area contributed by atoms with Crippen LogP contribution in [0.5, 0.6) is 0 Å². The number of carbonyl (C=O) groups is 1. The second kappa shape index (κ2) is 11.3. The van der Waals surface area contributed by atoms with E-state index in [4.69, 9.17) is 4.52 Å². The van der Waals surface area contributed by atoms with Gasteiger partial charge < -0.3 is 19.2 Å². The summed E-state index contributed by atoms with van der Waals surface area (Å²) in [7, 11) is 2.14. The quantitative estimate of drug-likeness (QED) is 0.463. The average molecular weight is 461 g/mol. The molecule has 0 atom stereocenters. The van der Waals surface area contributed by atoms with Crippen LogP contribution in [0.2, 0.25) is 0 Å². The molecule has 1 aromatic heterocycles. The van der Waals surface area contributed by atoms with E-state index in [1.54, 1.807) is 0 Å². The Morgan fingerprint density at radius 1 is 1.00 bits per heavy atom. The fourth-order valence-corrected chi connectivity index (χ4v) is 4.30. The number of likely N-dealkylation sites (N-methyl/N-ethyl adjacent to an activating group) is 1. The molecule has 1 saturated heterocycles. The normalized spacial score (nSPS) is 14.5. The van der Waals surface area contributed by atoms with Crippen LogP contribution in [0.4, 0.5) is 5.88 Å². The second-order valence-electron chi connectivity index (χ2n) is 9.63. The Hall–Kier alpha value is -3.12. The molecular formula is C28H36N4O2. The van der Waals surface area contributed by atoms with E-state index in [0.29, 0.717) is 25.4 Å². The predicted octanol–water partition coefficient (Wildman–Crippen LogP) is 4.71. The number of amides is 1. The third kappa shape index (κ3) is 6.06. The number of rotatable bonds is 9. The van der Waals surface area contributed by atoms with Crippen LogP contribution in [0.1, 0.15) is 31.4 Å². The van der Waals surface area contributed by atoms with Crippen LogP contribution >= 0.6 is 0 Å². The summed E-state index contributed by atoms with van der Waals surface area (Å²) < 4.78 is 5.97. The monoisotopic (exact) mass is 460 g/mol. The first kappa shape index (κ1) is 24.0. The summed E-state index contributed by atoms with van der Waals surface area (Å²) in [5.41, 5.74) is 3.88. The zero-order valence-electron chi connectivity index (χ0n) is 20.6. The minimum absolute atomic E-state index is 0.136. The highest BCUT2D eigenvalue weighted by Gasteiger charge is 2.27. The maximum absolute atomic E-state index is 13.5. The van der Waals surface area contributed by atoms with Crippen molar-refractivity contribution < 1.29 is 9.32 Å². The van der Waals surface area contributed by atoms with Gasteiger partial charge in [0, 0.05) is 38.3 Å². The van der Waals surface area contributed by atoms with Crippen molar-refractivity contribution in [2.75, 3.05) is 44.7 Å². The maximum atomic E-state index is 13.5. The van der Waals surface area contributed by atoms with E-state index in [1.165, 1.54) is 0 Å². The summed E-state index contributed by atoms with van der Waals surface area (Å²) in [6.07, 6.45) is 1.35. The molecule has 6 nitrogen and oxygen atoms in total. The Kier molecular flexibility index (Phi) is 8.01. The Labute approximate surface area is 203 Å². The minimum atomic E-state index is 0.136. The van der Waals surface area contributed by atoms with E-state index in [-0.39, 0.29) is 5.91 Å². The Bertz CT molecular complexity index is 1040. The fraction of sp³-hybridized carbons (Fsp3) is 0.429. The van der Waals surface area contributed by atoms with E-state index < -0.39 is 0 Å². The van der Waals surface area contributed by atoms with Crippen LogP contribution in [0.15, 0.2) is 65.2 Å². The molecule has 0 aliphatic carbocycles. The molecule has 0 spiro atoms. The van der Waals surface area contributed by atoms with E-state index in [1.807, 2.05) is 53.4 Å². The van der Waals surface area contributed by atoms with E-state index in [2.05, 4.69) is 48.0 Å². The van der Waals surface area contributed by atoms with Crippen LogP contribution in [0.3, 0.4) is 0 Å². The number of nitrogens with zero attached hydrogens (tertiary/aromatic N) is 4. The van der Waals surface area contributed by atoms with E-state index >= 15 is 0 Å². The summed E-state index contributed by atoms with van der Waals surface area (Å²) in [5, 5.41) is 4.50. The summed E-state index contributed by atoms with van der Waals surface area (Å²) in [6.45, 7) is 9.33. The molecule has 2 heterocycles. The van der Waals surface area contributed by atoms with Gasteiger partial charge in [-0.2, -0.15) is 0 Å². The first-order chi connectivity index (χ1) is 16.5. The third-order valence-electron chi connectivity index (χ3n) is 6.48. The molecule has 0 unspecified atom stereocenters. The van der Waals surface area contributed by atoms with Crippen LogP contribution in [0.25, 0.3) is 11.3 Å². The third-order valence-corrected chi connectivity index (χ3v) is 6.48. The molecule has 1 fully saturated rings. The number of hydrogen-bond acceptors (Lipinski definition) is 5. The van der Waals surface area contributed by atoms with Crippen LogP contribution in [-0.4, -0.2) is 60.6 Å². The highest BCUT2D eigenvalue weighted by molar-refractivity contribution is 5.79. The largest absolute Gasteiger partial charge is 0.338 e. The lowest BCUT2D eigenvalue weighted by Crippen LogP contribution is -2.45. The van der Waals surface area contributed by atoms with Crippen molar-refractivity contribution in [3.63, 3.8) is 0 Å². The van der Waals surface area contributed by atoms with Gasteiger partial charge >= 0.3 is 0 Å². The molecule has 1 aliphatic heterocycles. The molecule has 2 aromatic carbocycles. The van der Waals surface area contributed by atoms with Gasteiger partial charge in [-0.3, -0.25) is 4.79 Å². The van der Waals surface area contributed by atoms with E-state index in [0.717, 1.165) is 60.9 Å². The molecule has 6 heteroatoms. The van der Waals surface area contributed by atoms with Crippen molar-refractivity contribution in [2.24, 2.45) is 5.92 Å². The molecule has 1 amide bonds. The van der Waals surface area contributed by atoms with Crippen molar-refractivity contribution in [2.45, 2.75) is 33.2 Å². The molecule has 0 bridgehead atoms. The lowest BCUT2D eigenvalue weighted by molar-refractivity contribution is -0.131. The topological polar surface area (TPSA) is 52.8 Å². The molecule has 0 N–H and O–H groups in total. The van der Waals surface area contributed by atoms with Crippen LogP contribution in [-0.2, 0) is 17.8 Å².